The smallest absolute Gasteiger partial charge is 0.262 e. The van der Waals surface area contributed by atoms with Crippen molar-refractivity contribution in [1.82, 2.24) is 24.7 Å². The van der Waals surface area contributed by atoms with Crippen LogP contribution in [-0.4, -0.2) is 35.9 Å². The number of aromatic nitrogens is 5. The van der Waals surface area contributed by atoms with Gasteiger partial charge in [0, 0.05) is 17.6 Å². The molecule has 4 rings (SSSR count). The molecule has 0 radical (unpaired) electrons. The van der Waals surface area contributed by atoms with Gasteiger partial charge in [-0.1, -0.05) is 0 Å². The maximum Gasteiger partial charge on any atom is 0.262 e. The van der Waals surface area contributed by atoms with E-state index in [1.165, 1.54) is 0 Å². The minimum Gasteiger partial charge on any atom is -0.393 e. The van der Waals surface area contributed by atoms with Gasteiger partial charge in [-0.15, -0.1) is 0 Å². The number of nitrogen functional groups attached to an aromatic ring is 1. The van der Waals surface area contributed by atoms with Gasteiger partial charge in [-0.2, -0.15) is 10.1 Å². The van der Waals surface area contributed by atoms with Crippen LogP contribution in [0.3, 0.4) is 0 Å². The van der Waals surface area contributed by atoms with E-state index in [0.29, 0.717) is 29.7 Å². The zero-order valence-corrected chi connectivity index (χ0v) is 13.9. The van der Waals surface area contributed by atoms with Crippen LogP contribution in [0, 0.1) is 6.92 Å². The number of H-pyrrole nitrogens is 1. The molecule has 0 spiro atoms. The number of aromatic amines is 1. The third-order valence-electron chi connectivity index (χ3n) is 4.91. The number of fused-ring (bicyclic) bond motifs is 1. The number of pyridine rings is 1. The lowest BCUT2D eigenvalue weighted by atomic mass is 9.92. The standard InChI is InChI=1S/C17H20N6O2/c1-9-12-8-13(14-6-7-19-22-14)16(25)23(15(12)21-17(18)20-9)10-2-4-11(24)5-3-10/h6-8,10-11,24H,2-5H2,1H3,(H,19,22)(H2,18,20,21)/t10-,11-. The van der Waals surface area contributed by atoms with Crippen LogP contribution in [0.2, 0.25) is 0 Å². The van der Waals surface area contributed by atoms with Crippen molar-refractivity contribution < 1.29 is 5.11 Å². The molecule has 8 nitrogen and oxygen atoms in total. The molecule has 0 unspecified atom stereocenters. The second kappa shape index (κ2) is 5.96. The summed E-state index contributed by atoms with van der Waals surface area (Å²) in [5.74, 6) is 0.154. The average molecular weight is 340 g/mol. The summed E-state index contributed by atoms with van der Waals surface area (Å²) in [4.78, 5) is 21.8. The number of hydrogen-bond acceptors (Lipinski definition) is 6. The van der Waals surface area contributed by atoms with E-state index in [1.807, 2.05) is 6.92 Å². The quantitative estimate of drug-likeness (QED) is 0.650. The summed E-state index contributed by atoms with van der Waals surface area (Å²) >= 11 is 0. The van der Waals surface area contributed by atoms with Crippen LogP contribution >= 0.6 is 0 Å². The molecule has 0 bridgehead atoms. The fraction of sp³-hybridized carbons (Fsp3) is 0.412. The van der Waals surface area contributed by atoms with Gasteiger partial charge >= 0.3 is 0 Å². The number of nitrogens with zero attached hydrogens (tertiary/aromatic N) is 4. The van der Waals surface area contributed by atoms with E-state index in [2.05, 4.69) is 20.2 Å². The van der Waals surface area contributed by atoms with Crippen LogP contribution in [0.5, 0.6) is 0 Å². The van der Waals surface area contributed by atoms with Crippen LogP contribution in [-0.2, 0) is 0 Å². The molecule has 0 atom stereocenters. The Morgan fingerprint density at radius 2 is 2.04 bits per heavy atom. The fourth-order valence-corrected chi connectivity index (χ4v) is 3.62. The summed E-state index contributed by atoms with van der Waals surface area (Å²) in [6, 6.07) is 3.54. The molecular formula is C17H20N6O2. The van der Waals surface area contributed by atoms with Crippen LogP contribution in [0.25, 0.3) is 22.3 Å². The minimum atomic E-state index is -0.297. The molecular weight excluding hydrogens is 320 g/mol. The third kappa shape index (κ3) is 2.68. The highest BCUT2D eigenvalue weighted by atomic mass is 16.3. The van der Waals surface area contributed by atoms with E-state index in [1.54, 1.807) is 22.9 Å². The first-order valence-corrected chi connectivity index (χ1v) is 8.42. The molecule has 3 aromatic heterocycles. The normalized spacial score (nSPS) is 20.9. The maximum atomic E-state index is 13.2. The molecule has 0 aliphatic heterocycles. The van der Waals surface area contributed by atoms with Crippen LogP contribution in [0.4, 0.5) is 5.95 Å². The molecule has 4 N–H and O–H groups in total. The monoisotopic (exact) mass is 340 g/mol. The van der Waals surface area contributed by atoms with Gasteiger partial charge in [-0.25, -0.2) is 4.98 Å². The molecule has 1 saturated carbocycles. The van der Waals surface area contributed by atoms with E-state index in [4.69, 9.17) is 5.73 Å². The second-order valence-corrected chi connectivity index (χ2v) is 6.56. The van der Waals surface area contributed by atoms with Crippen molar-refractivity contribution in [2.75, 3.05) is 5.73 Å². The molecule has 1 aliphatic carbocycles. The first-order valence-electron chi connectivity index (χ1n) is 8.42. The Labute approximate surface area is 143 Å². The number of hydrogen-bond donors (Lipinski definition) is 3. The predicted molar refractivity (Wildman–Crippen MR) is 94.0 cm³/mol. The fourth-order valence-electron chi connectivity index (χ4n) is 3.62. The Balaban J connectivity index is 2.01. The van der Waals surface area contributed by atoms with E-state index < -0.39 is 0 Å². The first-order chi connectivity index (χ1) is 12.0. The summed E-state index contributed by atoms with van der Waals surface area (Å²) in [5.41, 5.74) is 8.07. The number of anilines is 1. The highest BCUT2D eigenvalue weighted by Gasteiger charge is 2.25. The van der Waals surface area contributed by atoms with Crippen LogP contribution in [0.1, 0.15) is 37.4 Å². The van der Waals surface area contributed by atoms with Gasteiger partial charge in [0.25, 0.3) is 5.56 Å². The number of nitrogens with two attached hydrogens (primary N) is 1. The summed E-state index contributed by atoms with van der Waals surface area (Å²) < 4.78 is 1.72. The average Bonchev–Trinajstić information content (AvgIpc) is 3.10. The number of rotatable bonds is 2. The number of aryl methyl sites for hydroxylation is 1. The third-order valence-corrected chi connectivity index (χ3v) is 4.91. The molecule has 1 fully saturated rings. The molecule has 0 aromatic carbocycles. The van der Waals surface area contributed by atoms with Gasteiger partial charge in [0.2, 0.25) is 5.95 Å². The highest BCUT2D eigenvalue weighted by Crippen LogP contribution is 2.31. The molecule has 0 saturated heterocycles. The van der Waals surface area contributed by atoms with Gasteiger partial charge in [0.05, 0.1) is 23.1 Å². The Morgan fingerprint density at radius 3 is 2.72 bits per heavy atom. The number of nitrogens with one attached hydrogen (secondary N) is 1. The van der Waals surface area contributed by atoms with Gasteiger partial charge < -0.3 is 10.8 Å². The molecule has 8 heteroatoms. The van der Waals surface area contributed by atoms with Crippen molar-refractivity contribution in [3.63, 3.8) is 0 Å². The van der Waals surface area contributed by atoms with Crippen molar-refractivity contribution >= 4 is 17.0 Å². The Morgan fingerprint density at radius 1 is 1.28 bits per heavy atom. The van der Waals surface area contributed by atoms with Crippen LogP contribution < -0.4 is 11.3 Å². The summed E-state index contributed by atoms with van der Waals surface area (Å²) in [6.07, 6.45) is 4.18. The predicted octanol–water partition coefficient (Wildman–Crippen LogP) is 1.55. The highest BCUT2D eigenvalue weighted by molar-refractivity contribution is 5.83. The maximum absolute atomic E-state index is 13.2. The van der Waals surface area contributed by atoms with E-state index in [0.717, 1.165) is 23.9 Å². The minimum absolute atomic E-state index is 0.0222. The van der Waals surface area contributed by atoms with E-state index in [-0.39, 0.29) is 23.7 Å². The van der Waals surface area contributed by atoms with Gasteiger partial charge in [0.1, 0.15) is 5.65 Å². The topological polar surface area (TPSA) is 123 Å². The lowest BCUT2D eigenvalue weighted by Crippen LogP contribution is -2.31. The molecule has 25 heavy (non-hydrogen) atoms. The Bertz CT molecular complexity index is 971. The first kappa shape index (κ1) is 15.8. The largest absolute Gasteiger partial charge is 0.393 e. The van der Waals surface area contributed by atoms with E-state index in [9.17, 15) is 9.90 Å². The van der Waals surface area contributed by atoms with Crippen LogP contribution in [0.15, 0.2) is 23.1 Å². The SMILES string of the molecule is Cc1nc(N)nc2c1cc(-c1cc[nH]n1)c(=O)n2[C@H]1CC[C@H](O)CC1. The van der Waals surface area contributed by atoms with Crippen molar-refractivity contribution in [1.29, 1.82) is 0 Å². The van der Waals surface area contributed by atoms with Gasteiger partial charge in [0.15, 0.2) is 0 Å². The van der Waals surface area contributed by atoms with Gasteiger partial charge in [-0.05, 0) is 44.7 Å². The zero-order chi connectivity index (χ0) is 17.6. The summed E-state index contributed by atoms with van der Waals surface area (Å²) in [6.45, 7) is 1.86. The number of aliphatic hydroxyl groups is 1. The lowest BCUT2D eigenvalue weighted by Gasteiger charge is -2.28. The zero-order valence-electron chi connectivity index (χ0n) is 13.9. The molecule has 1 aliphatic rings. The summed E-state index contributed by atoms with van der Waals surface area (Å²) in [5, 5.41) is 17.5. The van der Waals surface area contributed by atoms with Crippen molar-refractivity contribution in [3.05, 3.63) is 34.4 Å². The van der Waals surface area contributed by atoms with Gasteiger partial charge in [-0.3, -0.25) is 14.5 Å². The molecule has 130 valence electrons. The Kier molecular flexibility index (Phi) is 3.76. The lowest BCUT2D eigenvalue weighted by molar-refractivity contribution is 0.111. The van der Waals surface area contributed by atoms with E-state index >= 15 is 0 Å². The number of aliphatic hydroxyl groups excluding tert-OH is 1. The van der Waals surface area contributed by atoms with Crippen molar-refractivity contribution in [2.24, 2.45) is 0 Å². The second-order valence-electron chi connectivity index (χ2n) is 6.56. The Hall–Kier alpha value is -2.74. The summed E-state index contributed by atoms with van der Waals surface area (Å²) in [7, 11) is 0. The molecule has 0 amide bonds. The molecule has 3 heterocycles. The van der Waals surface area contributed by atoms with Crippen molar-refractivity contribution in [2.45, 2.75) is 44.8 Å². The van der Waals surface area contributed by atoms with Crippen molar-refractivity contribution in [3.8, 4) is 11.3 Å². The molecule has 3 aromatic rings.